The monoisotopic (exact) mass is 272 g/mol. The average molecular weight is 272 g/mol. The van der Waals surface area contributed by atoms with Crippen molar-refractivity contribution in [2.75, 3.05) is 13.2 Å². The van der Waals surface area contributed by atoms with Crippen molar-refractivity contribution in [3.8, 4) is 12.3 Å². The summed E-state index contributed by atoms with van der Waals surface area (Å²) < 4.78 is 17.8. The topological polar surface area (TPSA) is 27.7 Å². The van der Waals surface area contributed by atoms with Crippen LogP contribution >= 0.6 is 0 Å². The Balaban J connectivity index is 1.81. The minimum Gasteiger partial charge on any atom is -0.323 e. The maximum Gasteiger partial charge on any atom is 0.312 e. The molecule has 3 nitrogen and oxygen atoms in total. The van der Waals surface area contributed by atoms with Gasteiger partial charge in [-0.05, 0) is 30.7 Å². The van der Waals surface area contributed by atoms with E-state index in [1.165, 1.54) is 12.8 Å². The van der Waals surface area contributed by atoms with Gasteiger partial charge < -0.3 is 14.2 Å². The van der Waals surface area contributed by atoms with Crippen LogP contribution in [0.2, 0.25) is 0 Å². The second kappa shape index (κ2) is 5.57. The van der Waals surface area contributed by atoms with E-state index in [0.29, 0.717) is 19.1 Å². The van der Waals surface area contributed by atoms with Gasteiger partial charge in [0.05, 0.1) is 19.3 Å². The van der Waals surface area contributed by atoms with Gasteiger partial charge in [-0.1, -0.05) is 25.7 Å². The second-order valence-electron chi connectivity index (χ2n) is 5.46. The molecule has 3 heterocycles. The van der Waals surface area contributed by atoms with Gasteiger partial charge in [-0.15, -0.1) is 6.42 Å². The van der Waals surface area contributed by atoms with E-state index >= 15 is 0 Å². The van der Waals surface area contributed by atoms with Gasteiger partial charge in [0.2, 0.25) is 0 Å². The number of fused-ring (bicyclic) bond motifs is 3. The Morgan fingerprint density at radius 1 is 1.25 bits per heavy atom. The van der Waals surface area contributed by atoms with E-state index in [1.807, 2.05) is 24.3 Å². The number of terminal acetylenes is 1. The van der Waals surface area contributed by atoms with Crippen LogP contribution in [-0.2, 0) is 20.2 Å². The summed E-state index contributed by atoms with van der Waals surface area (Å²) in [5.41, 5.74) is 1.73. The summed E-state index contributed by atoms with van der Waals surface area (Å²) in [5, 5.41) is 0. The summed E-state index contributed by atoms with van der Waals surface area (Å²) in [6.45, 7) is 3.60. The summed E-state index contributed by atoms with van der Waals surface area (Å²) >= 11 is 0. The predicted molar refractivity (Wildman–Crippen MR) is 75.8 cm³/mol. The number of hydrogen-bond acceptors (Lipinski definition) is 3. The Hall–Kier alpha value is -1.34. The zero-order chi connectivity index (χ0) is 14.0. The molecule has 4 rings (SSSR count). The van der Waals surface area contributed by atoms with E-state index in [2.05, 4.69) is 12.8 Å². The lowest BCUT2D eigenvalue weighted by Crippen LogP contribution is -2.56. The summed E-state index contributed by atoms with van der Waals surface area (Å²) in [6.07, 6.45) is 9.03. The number of rotatable bonds is 4. The molecule has 106 valence electrons. The third-order valence-electron chi connectivity index (χ3n) is 4.05. The number of unbranched alkanes of at least 4 members (excludes halogenated alkanes) is 1. The molecule has 2 bridgehead atoms. The number of benzene rings is 1. The van der Waals surface area contributed by atoms with Crippen LogP contribution in [0, 0.1) is 18.3 Å². The molecule has 3 fully saturated rings. The highest BCUT2D eigenvalue weighted by molar-refractivity contribution is 5.35. The molecule has 1 unspecified atom stereocenters. The molecular formula is C17H20O3. The molecule has 3 heteroatoms. The summed E-state index contributed by atoms with van der Waals surface area (Å²) in [7, 11) is 0. The first-order valence-corrected chi connectivity index (χ1v) is 7.30. The van der Waals surface area contributed by atoms with Crippen molar-refractivity contribution in [1.29, 1.82) is 0 Å². The van der Waals surface area contributed by atoms with Crippen LogP contribution in [0.5, 0.6) is 0 Å². The molecule has 1 aromatic carbocycles. The van der Waals surface area contributed by atoms with E-state index in [0.717, 1.165) is 17.5 Å². The average Bonchev–Trinajstić information content (AvgIpc) is 2.54. The van der Waals surface area contributed by atoms with Crippen LogP contribution in [0.1, 0.15) is 37.3 Å². The van der Waals surface area contributed by atoms with Crippen molar-refractivity contribution < 1.29 is 14.2 Å². The molecule has 1 atom stereocenters. The van der Waals surface area contributed by atoms with Crippen LogP contribution < -0.4 is 0 Å². The van der Waals surface area contributed by atoms with Crippen LogP contribution in [0.25, 0.3) is 0 Å². The normalized spacial score (nSPS) is 32.0. The fourth-order valence-electron chi connectivity index (χ4n) is 2.81. The Morgan fingerprint density at radius 2 is 1.95 bits per heavy atom. The van der Waals surface area contributed by atoms with Crippen LogP contribution in [-0.4, -0.2) is 19.3 Å². The van der Waals surface area contributed by atoms with Gasteiger partial charge in [0.1, 0.15) is 0 Å². The molecule has 0 amide bonds. The number of hydrogen-bond donors (Lipinski definition) is 0. The smallest absolute Gasteiger partial charge is 0.312 e. The standard InChI is InChI=1S/C17H20O3/c1-3-5-6-16-14-11-18-17(20-16,19-12-14)15-9-7-13(4-2)8-10-15/h2,7-10,14,16H,3,5-6,11-12H2,1H3. The molecule has 20 heavy (non-hydrogen) atoms. The van der Waals surface area contributed by atoms with Crippen molar-refractivity contribution in [3.63, 3.8) is 0 Å². The first-order valence-electron chi connectivity index (χ1n) is 7.30. The Bertz CT molecular complexity index is 492. The summed E-state index contributed by atoms with van der Waals surface area (Å²) in [6, 6.07) is 7.64. The van der Waals surface area contributed by atoms with Crippen molar-refractivity contribution in [2.24, 2.45) is 5.92 Å². The van der Waals surface area contributed by atoms with Gasteiger partial charge in [-0.3, -0.25) is 0 Å². The molecule has 0 radical (unpaired) electrons. The molecule has 0 spiro atoms. The molecular weight excluding hydrogens is 252 g/mol. The highest BCUT2D eigenvalue weighted by Gasteiger charge is 2.50. The van der Waals surface area contributed by atoms with Crippen LogP contribution in [0.4, 0.5) is 0 Å². The van der Waals surface area contributed by atoms with E-state index < -0.39 is 5.97 Å². The SMILES string of the molecule is C#Cc1ccc(C23OCC(CO2)C(CCCC)O3)cc1. The minimum atomic E-state index is -1.03. The van der Waals surface area contributed by atoms with Gasteiger partial charge in [-0.25, -0.2) is 0 Å². The van der Waals surface area contributed by atoms with Gasteiger partial charge in [0.15, 0.2) is 0 Å². The van der Waals surface area contributed by atoms with E-state index in [1.54, 1.807) is 0 Å². The zero-order valence-corrected chi connectivity index (χ0v) is 11.8. The quantitative estimate of drug-likeness (QED) is 0.789. The maximum absolute atomic E-state index is 6.14. The highest BCUT2D eigenvalue weighted by Crippen LogP contribution is 2.43. The van der Waals surface area contributed by atoms with Crippen LogP contribution in [0.15, 0.2) is 24.3 Å². The molecule has 0 N–H and O–H groups in total. The lowest BCUT2D eigenvalue weighted by atomic mass is 9.95. The van der Waals surface area contributed by atoms with Gasteiger partial charge in [0.25, 0.3) is 0 Å². The first-order chi connectivity index (χ1) is 9.77. The van der Waals surface area contributed by atoms with Crippen molar-refractivity contribution >= 4 is 0 Å². The lowest BCUT2D eigenvalue weighted by Gasteiger charge is -2.49. The molecule has 3 aliphatic heterocycles. The largest absolute Gasteiger partial charge is 0.323 e. The van der Waals surface area contributed by atoms with Crippen molar-refractivity contribution in [1.82, 2.24) is 0 Å². The maximum atomic E-state index is 6.14. The molecule has 1 aromatic rings. The third kappa shape index (κ3) is 2.35. The molecule has 0 aromatic heterocycles. The Morgan fingerprint density at radius 3 is 2.55 bits per heavy atom. The minimum absolute atomic E-state index is 0.227. The molecule has 0 saturated carbocycles. The summed E-state index contributed by atoms with van der Waals surface area (Å²) in [5.74, 6) is 1.94. The van der Waals surface area contributed by atoms with Gasteiger partial charge in [-0.2, -0.15) is 0 Å². The predicted octanol–water partition coefficient (Wildman–Crippen LogP) is 3.03. The van der Waals surface area contributed by atoms with E-state index in [9.17, 15) is 0 Å². The fraction of sp³-hybridized carbons (Fsp3) is 0.529. The van der Waals surface area contributed by atoms with E-state index in [-0.39, 0.29) is 6.10 Å². The second-order valence-corrected chi connectivity index (χ2v) is 5.46. The van der Waals surface area contributed by atoms with Crippen molar-refractivity contribution in [3.05, 3.63) is 35.4 Å². The number of ether oxygens (including phenoxy) is 3. The molecule has 3 aliphatic rings. The van der Waals surface area contributed by atoms with Crippen molar-refractivity contribution in [2.45, 2.75) is 38.3 Å². The Labute approximate surface area is 120 Å². The molecule has 3 saturated heterocycles. The van der Waals surface area contributed by atoms with Gasteiger partial charge in [0, 0.05) is 17.0 Å². The van der Waals surface area contributed by atoms with Gasteiger partial charge >= 0.3 is 5.97 Å². The first kappa shape index (κ1) is 13.6. The fourth-order valence-corrected chi connectivity index (χ4v) is 2.81. The lowest BCUT2D eigenvalue weighted by molar-refractivity contribution is -0.479. The van der Waals surface area contributed by atoms with Crippen LogP contribution in [0.3, 0.4) is 0 Å². The summed E-state index contributed by atoms with van der Waals surface area (Å²) in [4.78, 5) is 0. The van der Waals surface area contributed by atoms with E-state index in [4.69, 9.17) is 20.6 Å². The highest BCUT2D eigenvalue weighted by atomic mass is 16.9. The Kier molecular flexibility index (Phi) is 3.80. The zero-order valence-electron chi connectivity index (χ0n) is 11.8. The molecule has 0 aliphatic carbocycles. The third-order valence-corrected chi connectivity index (χ3v) is 4.05.